The van der Waals surface area contributed by atoms with Crippen LogP contribution in [-0.4, -0.2) is 26.9 Å². The molecule has 0 amide bonds. The van der Waals surface area contributed by atoms with Crippen molar-refractivity contribution >= 4 is 29.1 Å². The molecule has 1 N–H and O–H groups in total. The van der Waals surface area contributed by atoms with Crippen LogP contribution < -0.4 is 4.74 Å². The van der Waals surface area contributed by atoms with Crippen molar-refractivity contribution < 1.29 is 14.4 Å². The zero-order valence-electron chi connectivity index (χ0n) is 13.8. The molecule has 10 heteroatoms. The van der Waals surface area contributed by atoms with E-state index in [9.17, 15) is 10.1 Å². The van der Waals surface area contributed by atoms with Crippen LogP contribution in [0.15, 0.2) is 41.6 Å². The number of aromatic amines is 1. The molecular weight excluding hydrogens is 392 g/mol. The van der Waals surface area contributed by atoms with Gasteiger partial charge in [-0.25, -0.2) is 4.98 Å². The molecule has 1 aliphatic heterocycles. The van der Waals surface area contributed by atoms with Crippen LogP contribution >= 0.6 is 23.4 Å². The van der Waals surface area contributed by atoms with Crippen molar-refractivity contribution in [3.05, 3.63) is 62.7 Å². The maximum Gasteiger partial charge on any atom is 0.270 e. The topological polar surface area (TPSA) is 103 Å². The molecule has 0 atom stereocenters. The number of nitro benzene ring substituents is 1. The predicted octanol–water partition coefficient (Wildman–Crippen LogP) is 4.19. The highest BCUT2D eigenvalue weighted by molar-refractivity contribution is 7.98. The standard InChI is InChI=1S/C17H13ClN4O4S/c18-13-3-1-10(2-4-13)16-19-17(21-20-16)27-8-12-6-14(22(23)24)5-11-7-25-9-26-15(11)12/h1-6H,7-9H2,(H,19,20,21). The third-order valence-corrected chi connectivity index (χ3v) is 5.07. The van der Waals surface area contributed by atoms with Crippen LogP contribution in [0.5, 0.6) is 5.75 Å². The number of rotatable bonds is 5. The van der Waals surface area contributed by atoms with Crippen molar-refractivity contribution in [3.8, 4) is 17.1 Å². The second-order valence-electron chi connectivity index (χ2n) is 5.72. The van der Waals surface area contributed by atoms with Gasteiger partial charge in [0, 0.05) is 39.6 Å². The van der Waals surface area contributed by atoms with Gasteiger partial charge in [0.15, 0.2) is 12.6 Å². The molecule has 27 heavy (non-hydrogen) atoms. The number of nitrogens with zero attached hydrogens (tertiary/aromatic N) is 3. The number of benzene rings is 2. The zero-order valence-corrected chi connectivity index (χ0v) is 15.4. The molecule has 0 radical (unpaired) electrons. The van der Waals surface area contributed by atoms with Gasteiger partial charge in [-0.3, -0.25) is 15.2 Å². The zero-order chi connectivity index (χ0) is 18.8. The number of ether oxygens (including phenoxy) is 2. The van der Waals surface area contributed by atoms with E-state index in [4.69, 9.17) is 21.1 Å². The number of non-ortho nitro benzene ring substituents is 1. The molecule has 0 fully saturated rings. The summed E-state index contributed by atoms with van der Waals surface area (Å²) in [6, 6.07) is 10.3. The monoisotopic (exact) mass is 404 g/mol. The van der Waals surface area contributed by atoms with E-state index in [1.165, 1.54) is 23.9 Å². The van der Waals surface area contributed by atoms with E-state index in [0.717, 1.165) is 5.56 Å². The van der Waals surface area contributed by atoms with Gasteiger partial charge in [-0.05, 0) is 24.3 Å². The minimum absolute atomic E-state index is 0.00953. The first kappa shape index (κ1) is 17.8. The quantitative estimate of drug-likeness (QED) is 0.386. The summed E-state index contributed by atoms with van der Waals surface area (Å²) >= 11 is 7.26. The van der Waals surface area contributed by atoms with E-state index in [0.29, 0.717) is 38.6 Å². The van der Waals surface area contributed by atoms with Gasteiger partial charge in [0.1, 0.15) is 5.75 Å². The van der Waals surface area contributed by atoms with Gasteiger partial charge in [-0.1, -0.05) is 23.4 Å². The highest BCUT2D eigenvalue weighted by atomic mass is 35.5. The number of fused-ring (bicyclic) bond motifs is 1. The van der Waals surface area contributed by atoms with Gasteiger partial charge in [0.05, 0.1) is 11.5 Å². The van der Waals surface area contributed by atoms with E-state index in [1.54, 1.807) is 12.1 Å². The summed E-state index contributed by atoms with van der Waals surface area (Å²) in [5.74, 6) is 1.69. The average Bonchev–Trinajstić information content (AvgIpc) is 3.15. The summed E-state index contributed by atoms with van der Waals surface area (Å²) < 4.78 is 10.8. The predicted molar refractivity (Wildman–Crippen MR) is 99.8 cm³/mol. The van der Waals surface area contributed by atoms with Crippen LogP contribution in [0, 0.1) is 10.1 Å². The van der Waals surface area contributed by atoms with E-state index in [2.05, 4.69) is 15.2 Å². The van der Waals surface area contributed by atoms with Gasteiger partial charge in [0.2, 0.25) is 5.16 Å². The van der Waals surface area contributed by atoms with E-state index in [1.807, 2.05) is 12.1 Å². The van der Waals surface area contributed by atoms with Gasteiger partial charge in [-0.15, -0.1) is 5.10 Å². The van der Waals surface area contributed by atoms with Crippen molar-refractivity contribution in [2.45, 2.75) is 17.5 Å². The van der Waals surface area contributed by atoms with Gasteiger partial charge >= 0.3 is 0 Å². The Balaban J connectivity index is 1.54. The second kappa shape index (κ2) is 7.55. The summed E-state index contributed by atoms with van der Waals surface area (Å²) in [5.41, 5.74) is 2.26. The van der Waals surface area contributed by atoms with Crippen molar-refractivity contribution in [2.24, 2.45) is 0 Å². The van der Waals surface area contributed by atoms with Crippen molar-refractivity contribution in [3.63, 3.8) is 0 Å². The summed E-state index contributed by atoms with van der Waals surface area (Å²) in [5, 5.41) is 19.4. The first-order valence-electron chi connectivity index (χ1n) is 7.92. The van der Waals surface area contributed by atoms with E-state index >= 15 is 0 Å². The maximum atomic E-state index is 11.2. The molecule has 0 saturated carbocycles. The number of hydrogen-bond acceptors (Lipinski definition) is 7. The third kappa shape index (κ3) is 3.90. The molecule has 3 aromatic rings. The Bertz CT molecular complexity index is 993. The minimum Gasteiger partial charge on any atom is -0.467 e. The molecule has 8 nitrogen and oxygen atoms in total. The lowest BCUT2D eigenvalue weighted by molar-refractivity contribution is -0.385. The number of halogens is 1. The Morgan fingerprint density at radius 1 is 1.30 bits per heavy atom. The number of aromatic nitrogens is 3. The molecule has 0 saturated heterocycles. The highest BCUT2D eigenvalue weighted by Crippen LogP contribution is 2.36. The second-order valence-corrected chi connectivity index (χ2v) is 7.10. The van der Waals surface area contributed by atoms with Crippen molar-refractivity contribution in [1.29, 1.82) is 0 Å². The smallest absolute Gasteiger partial charge is 0.270 e. The summed E-state index contributed by atoms with van der Waals surface area (Å²) in [4.78, 5) is 15.2. The molecule has 0 bridgehead atoms. The summed E-state index contributed by atoms with van der Waals surface area (Å²) in [6.45, 7) is 0.417. The largest absolute Gasteiger partial charge is 0.467 e. The Kier molecular flexibility index (Phi) is 4.97. The molecule has 2 aromatic carbocycles. The molecule has 1 aliphatic rings. The van der Waals surface area contributed by atoms with Crippen LogP contribution in [-0.2, 0) is 17.1 Å². The maximum absolute atomic E-state index is 11.2. The fraction of sp³-hybridized carbons (Fsp3) is 0.176. The number of nitro groups is 1. The number of nitrogens with one attached hydrogen (secondary N) is 1. The molecule has 4 rings (SSSR count). The van der Waals surface area contributed by atoms with Gasteiger partial charge < -0.3 is 9.47 Å². The molecular formula is C17H13ClN4O4S. The lowest BCUT2D eigenvalue weighted by Gasteiger charge is -2.20. The number of hydrogen-bond donors (Lipinski definition) is 1. The third-order valence-electron chi connectivity index (χ3n) is 3.92. The van der Waals surface area contributed by atoms with Crippen molar-refractivity contribution in [1.82, 2.24) is 15.2 Å². The molecule has 138 valence electrons. The van der Waals surface area contributed by atoms with E-state index < -0.39 is 4.92 Å². The Hall–Kier alpha value is -2.62. The van der Waals surface area contributed by atoms with Crippen LogP contribution in [0.25, 0.3) is 11.4 Å². The Morgan fingerprint density at radius 2 is 2.11 bits per heavy atom. The normalized spacial score (nSPS) is 13.1. The molecule has 0 unspecified atom stereocenters. The van der Waals surface area contributed by atoms with Crippen molar-refractivity contribution in [2.75, 3.05) is 6.79 Å². The fourth-order valence-corrected chi connectivity index (χ4v) is 3.57. The van der Waals surface area contributed by atoms with Crippen LogP contribution in [0.1, 0.15) is 11.1 Å². The number of H-pyrrole nitrogens is 1. The fourth-order valence-electron chi connectivity index (χ4n) is 2.68. The lowest BCUT2D eigenvalue weighted by atomic mass is 10.1. The molecule has 0 spiro atoms. The SMILES string of the molecule is O=[N+]([O-])c1cc2c(c(CSc3n[nH]c(-c4ccc(Cl)cc4)n3)c1)OCOC2. The van der Waals surface area contributed by atoms with Gasteiger partial charge in [-0.2, -0.15) is 0 Å². The first-order chi connectivity index (χ1) is 13.1. The molecule has 1 aromatic heterocycles. The number of thioether (sulfide) groups is 1. The first-order valence-corrected chi connectivity index (χ1v) is 9.28. The van der Waals surface area contributed by atoms with Crippen LogP contribution in [0.3, 0.4) is 0 Å². The molecule has 0 aliphatic carbocycles. The molecule has 2 heterocycles. The lowest BCUT2D eigenvalue weighted by Crippen LogP contribution is -2.13. The minimum atomic E-state index is -0.422. The highest BCUT2D eigenvalue weighted by Gasteiger charge is 2.21. The average molecular weight is 405 g/mol. The van der Waals surface area contributed by atoms with Crippen LogP contribution in [0.4, 0.5) is 5.69 Å². The Morgan fingerprint density at radius 3 is 2.89 bits per heavy atom. The summed E-state index contributed by atoms with van der Waals surface area (Å²) in [7, 11) is 0. The van der Waals surface area contributed by atoms with Gasteiger partial charge in [0.25, 0.3) is 5.69 Å². The summed E-state index contributed by atoms with van der Waals surface area (Å²) in [6.07, 6.45) is 0. The van der Waals surface area contributed by atoms with E-state index in [-0.39, 0.29) is 19.1 Å². The Labute approximate surface area is 163 Å². The van der Waals surface area contributed by atoms with Crippen LogP contribution in [0.2, 0.25) is 5.02 Å².